The van der Waals surface area contributed by atoms with Crippen LogP contribution >= 0.6 is 15.9 Å². The molecule has 0 unspecified atom stereocenters. The van der Waals surface area contributed by atoms with Gasteiger partial charge in [-0.3, -0.25) is 14.9 Å². The third-order valence-electron chi connectivity index (χ3n) is 3.48. The van der Waals surface area contributed by atoms with Gasteiger partial charge in [0, 0.05) is 23.3 Å². The zero-order chi connectivity index (χ0) is 15.6. The van der Waals surface area contributed by atoms with Crippen molar-refractivity contribution in [3.05, 3.63) is 32.3 Å². The molecule has 21 heavy (non-hydrogen) atoms. The monoisotopic (exact) mass is 358 g/mol. The SMILES string of the molecule is COc1cc([C@H]2NC(=O)CC[C@H]2[N+](=O)[O-])c(OC)cc1Br. The van der Waals surface area contributed by atoms with E-state index in [1.165, 1.54) is 14.2 Å². The minimum absolute atomic E-state index is 0.151. The van der Waals surface area contributed by atoms with Crippen LogP contribution in [0.5, 0.6) is 11.5 Å². The van der Waals surface area contributed by atoms with Crippen LogP contribution in [-0.2, 0) is 4.79 Å². The van der Waals surface area contributed by atoms with E-state index in [-0.39, 0.29) is 23.7 Å². The highest BCUT2D eigenvalue weighted by molar-refractivity contribution is 9.10. The third kappa shape index (κ3) is 3.10. The molecule has 0 saturated carbocycles. The van der Waals surface area contributed by atoms with Crippen molar-refractivity contribution in [2.75, 3.05) is 14.2 Å². The number of amides is 1. The topological polar surface area (TPSA) is 90.7 Å². The normalized spacial score (nSPS) is 21.6. The van der Waals surface area contributed by atoms with E-state index in [1.807, 2.05) is 0 Å². The number of piperidine rings is 1. The molecule has 1 aliphatic heterocycles. The van der Waals surface area contributed by atoms with Crippen molar-refractivity contribution < 1.29 is 19.2 Å². The molecule has 7 nitrogen and oxygen atoms in total. The van der Waals surface area contributed by atoms with E-state index in [1.54, 1.807) is 12.1 Å². The quantitative estimate of drug-likeness (QED) is 0.657. The van der Waals surface area contributed by atoms with Crippen molar-refractivity contribution in [3.8, 4) is 11.5 Å². The van der Waals surface area contributed by atoms with Gasteiger partial charge in [0.2, 0.25) is 11.9 Å². The van der Waals surface area contributed by atoms with Crippen LogP contribution in [0.3, 0.4) is 0 Å². The largest absolute Gasteiger partial charge is 0.496 e. The molecule has 1 aromatic carbocycles. The third-order valence-corrected chi connectivity index (χ3v) is 4.10. The zero-order valence-electron chi connectivity index (χ0n) is 11.6. The van der Waals surface area contributed by atoms with Gasteiger partial charge in [-0.1, -0.05) is 0 Å². The average molecular weight is 359 g/mol. The van der Waals surface area contributed by atoms with Gasteiger partial charge in [-0.15, -0.1) is 0 Å². The fraction of sp³-hybridized carbons (Fsp3) is 0.462. The molecule has 0 bridgehead atoms. The Kier molecular flexibility index (Phi) is 4.66. The lowest BCUT2D eigenvalue weighted by Crippen LogP contribution is -2.45. The van der Waals surface area contributed by atoms with Crippen molar-refractivity contribution in [1.82, 2.24) is 5.32 Å². The number of halogens is 1. The van der Waals surface area contributed by atoms with Crippen LogP contribution in [0, 0.1) is 10.1 Å². The summed E-state index contributed by atoms with van der Waals surface area (Å²) in [6, 6.07) is 1.70. The molecule has 0 aliphatic carbocycles. The Morgan fingerprint density at radius 3 is 2.57 bits per heavy atom. The second-order valence-corrected chi connectivity index (χ2v) is 5.52. The molecule has 2 atom stereocenters. The Morgan fingerprint density at radius 1 is 1.33 bits per heavy atom. The lowest BCUT2D eigenvalue weighted by atomic mass is 9.91. The van der Waals surface area contributed by atoms with Crippen LogP contribution in [0.1, 0.15) is 24.4 Å². The van der Waals surface area contributed by atoms with Crippen LogP contribution in [0.2, 0.25) is 0 Å². The Labute approximate surface area is 129 Å². The van der Waals surface area contributed by atoms with Crippen LogP contribution in [0.25, 0.3) is 0 Å². The number of carbonyl (C=O) groups is 1. The Morgan fingerprint density at radius 2 is 2.00 bits per heavy atom. The van der Waals surface area contributed by atoms with Crippen LogP contribution in [-0.4, -0.2) is 31.1 Å². The van der Waals surface area contributed by atoms with E-state index in [0.717, 1.165) is 0 Å². The Balaban J connectivity index is 2.50. The van der Waals surface area contributed by atoms with Crippen LogP contribution < -0.4 is 14.8 Å². The highest BCUT2D eigenvalue weighted by Crippen LogP contribution is 2.38. The van der Waals surface area contributed by atoms with E-state index in [9.17, 15) is 14.9 Å². The molecular weight excluding hydrogens is 344 g/mol. The second kappa shape index (κ2) is 6.30. The van der Waals surface area contributed by atoms with E-state index in [4.69, 9.17) is 9.47 Å². The number of hydrogen-bond acceptors (Lipinski definition) is 5. The molecule has 1 N–H and O–H groups in total. The van der Waals surface area contributed by atoms with Gasteiger partial charge in [0.25, 0.3) is 0 Å². The Bertz CT molecular complexity index is 578. The lowest BCUT2D eigenvalue weighted by molar-refractivity contribution is -0.529. The number of nitro groups is 1. The summed E-state index contributed by atoms with van der Waals surface area (Å²) in [5, 5.41) is 13.9. The molecule has 1 aromatic rings. The highest BCUT2D eigenvalue weighted by Gasteiger charge is 2.40. The van der Waals surface area contributed by atoms with Gasteiger partial charge in [0.05, 0.1) is 18.7 Å². The number of nitrogens with zero attached hydrogens (tertiary/aromatic N) is 1. The first kappa shape index (κ1) is 15.6. The minimum atomic E-state index is -0.887. The summed E-state index contributed by atoms with van der Waals surface area (Å²) >= 11 is 3.34. The maximum absolute atomic E-state index is 11.6. The van der Waals surface area contributed by atoms with Gasteiger partial charge in [-0.25, -0.2) is 0 Å². The molecule has 114 valence electrons. The average Bonchev–Trinajstić information content (AvgIpc) is 2.46. The van der Waals surface area contributed by atoms with Gasteiger partial charge in [-0.05, 0) is 28.1 Å². The molecule has 2 rings (SSSR count). The molecular formula is C13H15BrN2O5. The van der Waals surface area contributed by atoms with Crippen molar-refractivity contribution in [2.45, 2.75) is 24.9 Å². The summed E-state index contributed by atoms with van der Waals surface area (Å²) < 4.78 is 11.2. The summed E-state index contributed by atoms with van der Waals surface area (Å²) in [6.45, 7) is 0. The fourth-order valence-corrected chi connectivity index (χ4v) is 2.91. The molecule has 0 aromatic heterocycles. The van der Waals surface area contributed by atoms with Gasteiger partial charge in [0.1, 0.15) is 17.5 Å². The summed E-state index contributed by atoms with van der Waals surface area (Å²) in [4.78, 5) is 22.5. The van der Waals surface area contributed by atoms with E-state index in [2.05, 4.69) is 21.2 Å². The van der Waals surface area contributed by atoms with Crippen LogP contribution in [0.15, 0.2) is 16.6 Å². The van der Waals surface area contributed by atoms with Gasteiger partial charge in [0.15, 0.2) is 0 Å². The molecule has 1 heterocycles. The standard InChI is InChI=1S/C13H15BrN2O5/c1-20-10-6-8(14)11(21-2)5-7(10)13-9(16(18)19)3-4-12(17)15-13/h5-6,9,13H,3-4H2,1-2H3,(H,15,17)/t9-,13-/m1/s1. The van der Waals surface area contributed by atoms with E-state index in [0.29, 0.717) is 21.5 Å². The molecule has 1 fully saturated rings. The minimum Gasteiger partial charge on any atom is -0.496 e. The first-order valence-electron chi connectivity index (χ1n) is 6.32. The fourth-order valence-electron chi connectivity index (χ4n) is 2.43. The maximum atomic E-state index is 11.6. The zero-order valence-corrected chi connectivity index (χ0v) is 13.2. The molecule has 8 heteroatoms. The smallest absolute Gasteiger partial charge is 0.237 e. The summed E-state index contributed by atoms with van der Waals surface area (Å²) in [6.07, 6.45) is 0.350. The number of nitrogens with one attached hydrogen (secondary N) is 1. The predicted octanol–water partition coefficient (Wildman–Crippen LogP) is 2.06. The van der Waals surface area contributed by atoms with Gasteiger partial charge < -0.3 is 14.8 Å². The molecule has 0 radical (unpaired) electrons. The van der Waals surface area contributed by atoms with Crippen molar-refractivity contribution >= 4 is 21.8 Å². The highest BCUT2D eigenvalue weighted by atomic mass is 79.9. The number of methoxy groups -OCH3 is 2. The number of hydrogen-bond donors (Lipinski definition) is 1. The molecule has 1 amide bonds. The van der Waals surface area contributed by atoms with E-state index < -0.39 is 12.1 Å². The van der Waals surface area contributed by atoms with E-state index >= 15 is 0 Å². The Hall–Kier alpha value is -1.83. The molecule has 1 saturated heterocycles. The summed E-state index contributed by atoms with van der Waals surface area (Å²) in [5.41, 5.74) is 0.535. The molecule has 1 aliphatic rings. The van der Waals surface area contributed by atoms with Crippen molar-refractivity contribution in [3.63, 3.8) is 0 Å². The number of benzene rings is 1. The summed E-state index contributed by atoms with van der Waals surface area (Å²) in [5.74, 6) is 0.775. The maximum Gasteiger partial charge on any atom is 0.237 e. The molecule has 0 spiro atoms. The number of carbonyl (C=O) groups excluding carboxylic acids is 1. The van der Waals surface area contributed by atoms with Crippen molar-refractivity contribution in [1.29, 1.82) is 0 Å². The number of rotatable bonds is 4. The first-order valence-corrected chi connectivity index (χ1v) is 7.11. The predicted molar refractivity (Wildman–Crippen MR) is 78.1 cm³/mol. The van der Waals surface area contributed by atoms with Gasteiger partial charge >= 0.3 is 0 Å². The number of ether oxygens (including phenoxy) is 2. The lowest BCUT2D eigenvalue weighted by Gasteiger charge is -2.28. The second-order valence-electron chi connectivity index (χ2n) is 4.67. The van der Waals surface area contributed by atoms with Crippen molar-refractivity contribution in [2.24, 2.45) is 0 Å². The first-order chi connectivity index (χ1) is 9.97. The van der Waals surface area contributed by atoms with Gasteiger partial charge in [-0.2, -0.15) is 0 Å². The summed E-state index contributed by atoms with van der Waals surface area (Å²) in [7, 11) is 2.98. The van der Waals surface area contributed by atoms with Crippen LogP contribution in [0.4, 0.5) is 0 Å².